The largest absolute Gasteiger partial charge is 0.468 e. The maximum atomic E-state index is 14.4. The van der Waals surface area contributed by atoms with Crippen molar-refractivity contribution in [1.29, 1.82) is 0 Å². The summed E-state index contributed by atoms with van der Waals surface area (Å²) in [6, 6.07) is 18.3. The van der Waals surface area contributed by atoms with Crippen molar-refractivity contribution >= 4 is 23.4 Å². The Hall–Kier alpha value is -4.79. The molecule has 9 heteroatoms. The van der Waals surface area contributed by atoms with Gasteiger partial charge in [-0.1, -0.05) is 42.5 Å². The smallest absolute Gasteiger partial charge is 0.338 e. The van der Waals surface area contributed by atoms with Crippen LogP contribution in [0, 0.1) is 11.7 Å². The van der Waals surface area contributed by atoms with Crippen LogP contribution in [0.25, 0.3) is 0 Å². The topological polar surface area (TPSA) is 112 Å². The van der Waals surface area contributed by atoms with E-state index in [1.807, 2.05) is 30.3 Å². The minimum absolute atomic E-state index is 0.00353. The van der Waals surface area contributed by atoms with Crippen LogP contribution in [0.2, 0.25) is 0 Å². The molecule has 3 aromatic rings. The Morgan fingerprint density at radius 3 is 2.38 bits per heavy atom. The van der Waals surface area contributed by atoms with Crippen LogP contribution in [-0.2, 0) is 23.9 Å². The number of nitrogens with two attached hydrogens (primary N) is 1. The highest BCUT2D eigenvalue weighted by atomic mass is 19.1. The van der Waals surface area contributed by atoms with Gasteiger partial charge >= 0.3 is 11.9 Å². The van der Waals surface area contributed by atoms with Crippen molar-refractivity contribution in [3.8, 4) is 0 Å². The van der Waals surface area contributed by atoms with Crippen molar-refractivity contribution < 1.29 is 28.2 Å². The van der Waals surface area contributed by atoms with Crippen LogP contribution in [0.3, 0.4) is 0 Å². The molecule has 0 saturated carbocycles. The second-order valence-corrected chi connectivity index (χ2v) is 9.27. The van der Waals surface area contributed by atoms with Gasteiger partial charge in [-0.25, -0.2) is 9.18 Å². The summed E-state index contributed by atoms with van der Waals surface area (Å²) in [6.07, 6.45) is 3.29. The fourth-order valence-corrected chi connectivity index (χ4v) is 5.54. The number of methoxy groups -OCH3 is 2. The second-order valence-electron chi connectivity index (χ2n) is 9.27. The third kappa shape index (κ3) is 4.46. The van der Waals surface area contributed by atoms with E-state index in [0.29, 0.717) is 16.9 Å². The molecule has 0 amide bonds. The number of ether oxygens (including phenoxy) is 2. The third-order valence-corrected chi connectivity index (χ3v) is 7.21. The first-order valence-electron chi connectivity index (χ1n) is 12.3. The van der Waals surface area contributed by atoms with Crippen LogP contribution in [-0.4, -0.2) is 36.9 Å². The van der Waals surface area contributed by atoms with Crippen LogP contribution in [0.1, 0.15) is 29.4 Å². The van der Waals surface area contributed by atoms with Gasteiger partial charge in [-0.3, -0.25) is 19.5 Å². The van der Waals surface area contributed by atoms with Gasteiger partial charge in [-0.2, -0.15) is 0 Å². The Bertz CT molecular complexity index is 1500. The van der Waals surface area contributed by atoms with Crippen LogP contribution in [0.4, 0.5) is 10.1 Å². The number of anilines is 1. The molecule has 2 aliphatic rings. The van der Waals surface area contributed by atoms with Crippen molar-refractivity contribution in [3.05, 3.63) is 119 Å². The molecule has 0 saturated heterocycles. The predicted octanol–water partition coefficient (Wildman–Crippen LogP) is 3.97. The summed E-state index contributed by atoms with van der Waals surface area (Å²) in [6.45, 7) is 0. The van der Waals surface area contributed by atoms with E-state index in [9.17, 15) is 18.8 Å². The van der Waals surface area contributed by atoms with Crippen molar-refractivity contribution in [2.45, 2.75) is 18.3 Å². The molecule has 1 aromatic heterocycles. The van der Waals surface area contributed by atoms with Crippen molar-refractivity contribution in [2.75, 3.05) is 19.1 Å². The highest BCUT2D eigenvalue weighted by Crippen LogP contribution is 2.51. The van der Waals surface area contributed by atoms with E-state index in [1.165, 1.54) is 43.5 Å². The number of Topliss-reactive ketones (excluding diaryl/α,β-unsaturated/α-hetero) is 1. The van der Waals surface area contributed by atoms with Crippen LogP contribution in [0.15, 0.2) is 102 Å². The molecule has 0 bridgehead atoms. The Morgan fingerprint density at radius 1 is 1.00 bits per heavy atom. The van der Waals surface area contributed by atoms with E-state index in [1.54, 1.807) is 24.4 Å². The van der Waals surface area contributed by atoms with Gasteiger partial charge in [0.1, 0.15) is 17.6 Å². The average molecular weight is 528 g/mol. The van der Waals surface area contributed by atoms with Gasteiger partial charge in [0.05, 0.1) is 31.4 Å². The molecule has 0 unspecified atom stereocenters. The lowest BCUT2D eigenvalue weighted by Gasteiger charge is -2.44. The molecule has 5 rings (SSSR count). The summed E-state index contributed by atoms with van der Waals surface area (Å²) in [7, 11) is 2.45. The van der Waals surface area contributed by atoms with Gasteiger partial charge in [0, 0.05) is 29.6 Å². The zero-order chi connectivity index (χ0) is 27.7. The van der Waals surface area contributed by atoms with E-state index >= 15 is 0 Å². The molecule has 1 aliphatic carbocycles. The lowest BCUT2D eigenvalue weighted by molar-refractivity contribution is -0.150. The second kappa shape index (κ2) is 10.5. The van der Waals surface area contributed by atoms with Crippen LogP contribution >= 0.6 is 0 Å². The fourth-order valence-electron chi connectivity index (χ4n) is 5.54. The Morgan fingerprint density at radius 2 is 1.74 bits per heavy atom. The molecule has 0 spiro atoms. The van der Waals surface area contributed by atoms with Crippen LogP contribution in [0.5, 0.6) is 0 Å². The number of hydrogen-bond acceptors (Lipinski definition) is 8. The van der Waals surface area contributed by atoms with E-state index in [-0.39, 0.29) is 23.4 Å². The van der Waals surface area contributed by atoms with Gasteiger partial charge in [0.15, 0.2) is 5.78 Å². The molecular weight excluding hydrogens is 501 g/mol. The van der Waals surface area contributed by atoms with E-state index in [4.69, 9.17) is 15.2 Å². The highest BCUT2D eigenvalue weighted by Gasteiger charge is 2.51. The summed E-state index contributed by atoms with van der Waals surface area (Å²) >= 11 is 0. The molecule has 0 radical (unpaired) electrons. The number of ketones is 1. The van der Waals surface area contributed by atoms with Gasteiger partial charge in [-0.05, 0) is 41.8 Å². The van der Waals surface area contributed by atoms with Gasteiger partial charge in [0.25, 0.3) is 0 Å². The fraction of sp³-hybridized carbons (Fsp3) is 0.200. The Balaban J connectivity index is 1.83. The normalized spacial score (nSPS) is 20.9. The number of hydrogen-bond donors (Lipinski definition) is 1. The van der Waals surface area contributed by atoms with Gasteiger partial charge in [0.2, 0.25) is 0 Å². The van der Waals surface area contributed by atoms with Crippen molar-refractivity contribution in [3.63, 3.8) is 0 Å². The van der Waals surface area contributed by atoms with E-state index < -0.39 is 41.3 Å². The summed E-state index contributed by atoms with van der Waals surface area (Å²) < 4.78 is 24.6. The average Bonchev–Trinajstić information content (AvgIpc) is 2.96. The molecule has 39 heavy (non-hydrogen) atoms. The molecule has 2 N–H and O–H groups in total. The SMILES string of the molecule is COC(=O)C1=C(N)N(c2cccc(F)c2)C2=C(C(=O)[C@@H](C(=O)OC)[C@@H](c3ccccc3)C2)[C@@H]1c1cccnc1. The number of rotatable bonds is 5. The Kier molecular flexibility index (Phi) is 6.98. The number of aromatic nitrogens is 1. The summed E-state index contributed by atoms with van der Waals surface area (Å²) in [5, 5.41) is 0. The summed E-state index contributed by atoms with van der Waals surface area (Å²) in [4.78, 5) is 46.5. The van der Waals surface area contributed by atoms with Gasteiger partial charge in [-0.15, -0.1) is 0 Å². The number of carbonyl (C=O) groups is 3. The molecule has 8 nitrogen and oxygen atoms in total. The maximum Gasteiger partial charge on any atom is 0.338 e. The first-order chi connectivity index (χ1) is 18.9. The lowest BCUT2D eigenvalue weighted by Crippen LogP contribution is -2.46. The standard InChI is InChI=1S/C30H26FN3O5/c1-38-29(36)24-21(17-8-4-3-5-9-17)15-22-25(27(24)35)23(18-10-7-13-33-16-18)26(30(37)39-2)28(32)34(22)20-12-6-11-19(31)14-20/h3-14,16,21,23-24H,15,32H2,1-2H3/t21-,23+,24+/m1/s1. The summed E-state index contributed by atoms with van der Waals surface area (Å²) in [5.41, 5.74) is 8.92. The molecule has 0 fully saturated rings. The molecular formula is C30H26FN3O5. The number of esters is 2. The molecule has 198 valence electrons. The molecule has 2 heterocycles. The zero-order valence-corrected chi connectivity index (χ0v) is 21.3. The van der Waals surface area contributed by atoms with Gasteiger partial charge < -0.3 is 15.2 Å². The number of nitrogens with zero attached hydrogens (tertiary/aromatic N) is 2. The van der Waals surface area contributed by atoms with E-state index in [0.717, 1.165) is 5.56 Å². The molecule has 3 atom stereocenters. The molecule has 1 aliphatic heterocycles. The first-order valence-corrected chi connectivity index (χ1v) is 12.3. The zero-order valence-electron chi connectivity index (χ0n) is 21.3. The minimum Gasteiger partial charge on any atom is -0.468 e. The highest BCUT2D eigenvalue weighted by molar-refractivity contribution is 6.14. The monoisotopic (exact) mass is 527 g/mol. The molecule has 2 aromatic carbocycles. The first kappa shape index (κ1) is 25.8. The lowest BCUT2D eigenvalue weighted by atomic mass is 9.67. The number of carbonyl (C=O) groups excluding carboxylic acids is 3. The van der Waals surface area contributed by atoms with E-state index in [2.05, 4.69) is 4.98 Å². The predicted molar refractivity (Wildman–Crippen MR) is 140 cm³/mol. The maximum absolute atomic E-state index is 14.4. The minimum atomic E-state index is -1.18. The number of halogens is 1. The number of pyridine rings is 1. The third-order valence-electron chi connectivity index (χ3n) is 7.21. The quantitative estimate of drug-likeness (QED) is 0.392. The Labute approximate surface area is 224 Å². The number of benzene rings is 2. The van der Waals surface area contributed by atoms with Crippen molar-refractivity contribution in [2.24, 2.45) is 11.7 Å². The number of allylic oxidation sites excluding steroid dienone is 2. The summed E-state index contributed by atoms with van der Waals surface area (Å²) in [5.74, 6) is -5.23. The van der Waals surface area contributed by atoms with Crippen LogP contribution < -0.4 is 10.6 Å². The van der Waals surface area contributed by atoms with Crippen molar-refractivity contribution in [1.82, 2.24) is 4.98 Å².